The predicted molar refractivity (Wildman–Crippen MR) is 103 cm³/mol. The predicted octanol–water partition coefficient (Wildman–Crippen LogP) is 3.84. The zero-order chi connectivity index (χ0) is 19.2. The number of carbonyl (C=O) groups excluding carboxylic acids is 1. The van der Waals surface area contributed by atoms with E-state index in [1.165, 1.54) is 23.9 Å². The van der Waals surface area contributed by atoms with Crippen LogP contribution in [0.15, 0.2) is 53.7 Å². The van der Waals surface area contributed by atoms with E-state index in [4.69, 9.17) is 4.74 Å². The van der Waals surface area contributed by atoms with Crippen molar-refractivity contribution in [1.82, 2.24) is 14.8 Å². The molecule has 0 atom stereocenters. The van der Waals surface area contributed by atoms with E-state index in [1.54, 1.807) is 31.4 Å². The first-order chi connectivity index (χ1) is 13.1. The van der Waals surface area contributed by atoms with Gasteiger partial charge in [-0.2, -0.15) is 0 Å². The third-order valence-electron chi connectivity index (χ3n) is 3.83. The molecule has 0 unspecified atom stereocenters. The minimum atomic E-state index is -0.330. The second kappa shape index (κ2) is 8.68. The van der Waals surface area contributed by atoms with Crippen molar-refractivity contribution in [3.05, 3.63) is 54.3 Å². The molecule has 8 heteroatoms. The highest BCUT2D eigenvalue weighted by Gasteiger charge is 2.15. The first-order valence-corrected chi connectivity index (χ1v) is 9.35. The smallest absolute Gasteiger partial charge is 0.234 e. The van der Waals surface area contributed by atoms with Gasteiger partial charge in [-0.1, -0.05) is 36.0 Å². The molecular formula is C19H19FN4O2S. The number of hydrogen-bond donors (Lipinski definition) is 1. The molecule has 1 aromatic heterocycles. The van der Waals surface area contributed by atoms with Gasteiger partial charge in [-0.15, -0.1) is 10.2 Å². The molecule has 3 aromatic rings. The molecule has 0 aliphatic heterocycles. The van der Waals surface area contributed by atoms with Crippen LogP contribution in [0.2, 0.25) is 0 Å². The van der Waals surface area contributed by atoms with Gasteiger partial charge in [0.2, 0.25) is 5.91 Å². The number of thioether (sulfide) groups is 1. The van der Waals surface area contributed by atoms with E-state index in [2.05, 4.69) is 15.5 Å². The third kappa shape index (κ3) is 4.46. The van der Waals surface area contributed by atoms with Gasteiger partial charge in [-0.05, 0) is 31.2 Å². The maximum atomic E-state index is 13.5. The molecule has 140 valence electrons. The lowest BCUT2D eigenvalue weighted by molar-refractivity contribution is -0.113. The Hall–Kier alpha value is -2.87. The standard InChI is InChI=1S/C19H19FN4O2S/c1-3-24-18(13-7-6-8-14(20)11-13)22-23-19(24)27-12-17(25)21-15-9-4-5-10-16(15)26-2/h4-11H,3,12H2,1-2H3,(H,21,25). The normalized spacial score (nSPS) is 10.6. The highest BCUT2D eigenvalue weighted by atomic mass is 32.2. The average Bonchev–Trinajstić information content (AvgIpc) is 3.09. The molecule has 3 rings (SSSR count). The number of amides is 1. The lowest BCUT2D eigenvalue weighted by atomic mass is 10.2. The van der Waals surface area contributed by atoms with Crippen LogP contribution in [-0.4, -0.2) is 33.5 Å². The number of carbonyl (C=O) groups is 1. The molecule has 27 heavy (non-hydrogen) atoms. The van der Waals surface area contributed by atoms with Gasteiger partial charge >= 0.3 is 0 Å². The van der Waals surface area contributed by atoms with Crippen LogP contribution in [0.1, 0.15) is 6.92 Å². The number of nitrogens with zero attached hydrogens (tertiary/aromatic N) is 3. The number of aromatic nitrogens is 3. The number of rotatable bonds is 7. The first kappa shape index (κ1) is 18.9. The monoisotopic (exact) mass is 386 g/mol. The van der Waals surface area contributed by atoms with Crippen LogP contribution in [0.25, 0.3) is 11.4 Å². The second-order valence-electron chi connectivity index (χ2n) is 5.60. The lowest BCUT2D eigenvalue weighted by Crippen LogP contribution is -2.15. The van der Waals surface area contributed by atoms with Crippen molar-refractivity contribution in [2.45, 2.75) is 18.6 Å². The molecule has 0 saturated carbocycles. The minimum Gasteiger partial charge on any atom is -0.495 e. The van der Waals surface area contributed by atoms with E-state index in [1.807, 2.05) is 23.6 Å². The van der Waals surface area contributed by atoms with Crippen LogP contribution in [0.5, 0.6) is 5.75 Å². The lowest BCUT2D eigenvalue weighted by Gasteiger charge is -2.10. The fourth-order valence-electron chi connectivity index (χ4n) is 2.59. The van der Waals surface area contributed by atoms with Crippen molar-refractivity contribution in [3.63, 3.8) is 0 Å². The quantitative estimate of drug-likeness (QED) is 0.625. The Bertz CT molecular complexity index is 945. The summed E-state index contributed by atoms with van der Waals surface area (Å²) in [6, 6.07) is 13.4. The Morgan fingerprint density at radius 2 is 2.04 bits per heavy atom. The molecule has 0 fully saturated rings. The largest absolute Gasteiger partial charge is 0.495 e. The Morgan fingerprint density at radius 1 is 1.22 bits per heavy atom. The fourth-order valence-corrected chi connectivity index (χ4v) is 3.39. The molecule has 0 bridgehead atoms. The van der Waals surface area contributed by atoms with E-state index in [9.17, 15) is 9.18 Å². The van der Waals surface area contributed by atoms with E-state index in [0.717, 1.165) is 0 Å². The van der Waals surface area contributed by atoms with Crippen molar-refractivity contribution in [2.75, 3.05) is 18.2 Å². The summed E-state index contributed by atoms with van der Waals surface area (Å²) in [6.07, 6.45) is 0. The molecule has 0 aliphatic rings. The van der Waals surface area contributed by atoms with E-state index >= 15 is 0 Å². The van der Waals surface area contributed by atoms with Crippen LogP contribution in [-0.2, 0) is 11.3 Å². The Morgan fingerprint density at radius 3 is 2.78 bits per heavy atom. The van der Waals surface area contributed by atoms with E-state index < -0.39 is 0 Å². The molecule has 2 aromatic carbocycles. The van der Waals surface area contributed by atoms with Gasteiger partial charge in [0, 0.05) is 12.1 Å². The van der Waals surface area contributed by atoms with Crippen LogP contribution in [0.4, 0.5) is 10.1 Å². The molecule has 0 saturated heterocycles. The zero-order valence-corrected chi connectivity index (χ0v) is 15.8. The average molecular weight is 386 g/mol. The number of halogens is 1. The van der Waals surface area contributed by atoms with Crippen molar-refractivity contribution >= 4 is 23.4 Å². The summed E-state index contributed by atoms with van der Waals surface area (Å²) in [4.78, 5) is 12.3. The first-order valence-electron chi connectivity index (χ1n) is 8.37. The van der Waals surface area contributed by atoms with Gasteiger partial charge in [-0.25, -0.2) is 4.39 Å². The zero-order valence-electron chi connectivity index (χ0n) is 15.0. The maximum Gasteiger partial charge on any atom is 0.234 e. The Labute approximate surface area is 160 Å². The van der Waals surface area contributed by atoms with Crippen LogP contribution in [0.3, 0.4) is 0 Å². The Kier molecular flexibility index (Phi) is 6.08. The molecule has 0 aliphatic carbocycles. The number of methoxy groups -OCH3 is 1. The van der Waals surface area contributed by atoms with Crippen molar-refractivity contribution in [2.24, 2.45) is 0 Å². The number of hydrogen-bond acceptors (Lipinski definition) is 5. The topological polar surface area (TPSA) is 69.0 Å². The molecular weight excluding hydrogens is 367 g/mol. The van der Waals surface area contributed by atoms with Crippen molar-refractivity contribution in [1.29, 1.82) is 0 Å². The highest BCUT2D eigenvalue weighted by molar-refractivity contribution is 7.99. The van der Waals surface area contributed by atoms with Crippen LogP contribution >= 0.6 is 11.8 Å². The van der Waals surface area contributed by atoms with Crippen molar-refractivity contribution in [3.8, 4) is 17.1 Å². The van der Waals surface area contributed by atoms with Gasteiger partial charge in [0.1, 0.15) is 11.6 Å². The molecule has 0 spiro atoms. The van der Waals surface area contributed by atoms with Crippen LogP contribution in [0, 0.1) is 5.82 Å². The van der Waals surface area contributed by atoms with Crippen molar-refractivity contribution < 1.29 is 13.9 Å². The molecule has 1 N–H and O–H groups in total. The van der Waals surface area contributed by atoms with Crippen LogP contribution < -0.4 is 10.1 Å². The number of ether oxygens (including phenoxy) is 1. The van der Waals surface area contributed by atoms with Gasteiger partial charge in [0.05, 0.1) is 18.6 Å². The molecule has 1 heterocycles. The van der Waals surface area contributed by atoms with Gasteiger partial charge in [0.25, 0.3) is 0 Å². The van der Waals surface area contributed by atoms with Gasteiger partial charge < -0.3 is 14.6 Å². The molecule has 6 nitrogen and oxygen atoms in total. The second-order valence-corrected chi connectivity index (χ2v) is 6.54. The summed E-state index contributed by atoms with van der Waals surface area (Å²) < 4.78 is 20.6. The molecule has 1 amide bonds. The van der Waals surface area contributed by atoms with E-state index in [0.29, 0.717) is 34.5 Å². The number of para-hydroxylation sites is 2. The summed E-state index contributed by atoms with van der Waals surface area (Å²) in [5.41, 5.74) is 1.26. The Balaban J connectivity index is 1.70. The van der Waals surface area contributed by atoms with E-state index in [-0.39, 0.29) is 17.5 Å². The number of benzene rings is 2. The SMILES string of the molecule is CCn1c(SCC(=O)Nc2ccccc2OC)nnc1-c1cccc(F)c1. The summed E-state index contributed by atoms with van der Waals surface area (Å²) in [6.45, 7) is 2.56. The number of anilines is 1. The summed E-state index contributed by atoms with van der Waals surface area (Å²) >= 11 is 1.27. The van der Waals surface area contributed by atoms with Gasteiger partial charge in [0.15, 0.2) is 11.0 Å². The number of nitrogens with one attached hydrogen (secondary N) is 1. The highest BCUT2D eigenvalue weighted by Crippen LogP contribution is 2.26. The maximum absolute atomic E-state index is 13.5. The summed E-state index contributed by atoms with van der Waals surface area (Å²) in [5.74, 6) is 0.830. The molecule has 0 radical (unpaired) electrons. The van der Waals surface area contributed by atoms with Gasteiger partial charge in [-0.3, -0.25) is 4.79 Å². The summed E-state index contributed by atoms with van der Waals surface area (Å²) in [5, 5.41) is 11.7. The summed E-state index contributed by atoms with van der Waals surface area (Å²) in [7, 11) is 1.55. The minimum absolute atomic E-state index is 0.166. The fraction of sp³-hybridized carbons (Fsp3) is 0.211. The third-order valence-corrected chi connectivity index (χ3v) is 4.80.